The Kier molecular flexibility index (Phi) is 8.05. The molecule has 0 spiro atoms. The minimum absolute atomic E-state index is 0.0244. The fourth-order valence-electron chi connectivity index (χ4n) is 3.45. The van der Waals surface area contributed by atoms with Crippen molar-refractivity contribution in [3.63, 3.8) is 0 Å². The molecule has 0 bridgehead atoms. The third kappa shape index (κ3) is 5.99. The van der Waals surface area contributed by atoms with Gasteiger partial charge in [0.2, 0.25) is 17.2 Å². The minimum atomic E-state index is -4.24. The fourth-order valence-corrected chi connectivity index (χ4v) is 4.59. The summed E-state index contributed by atoms with van der Waals surface area (Å²) in [6.45, 7) is -0.341. The van der Waals surface area contributed by atoms with E-state index in [9.17, 15) is 18.0 Å². The molecule has 0 unspecified atom stereocenters. The van der Waals surface area contributed by atoms with Gasteiger partial charge in [0.25, 0.3) is 10.0 Å². The number of para-hydroxylation sites is 1. The van der Waals surface area contributed by atoms with Crippen LogP contribution in [0.15, 0.2) is 70.8 Å². The van der Waals surface area contributed by atoms with E-state index in [2.05, 4.69) is 25.0 Å². The van der Waals surface area contributed by atoms with Crippen molar-refractivity contribution in [2.75, 3.05) is 42.5 Å². The zero-order valence-corrected chi connectivity index (χ0v) is 21.6. The average molecular weight is 561 g/mol. The number of halogens is 1. The quantitative estimate of drug-likeness (QED) is 0.387. The highest BCUT2D eigenvalue weighted by atomic mass is 35.5. The largest absolute Gasteiger partial charge is 0.466 e. The molecular weight excluding hydrogens is 540 g/mol. The Hall–Kier alpha value is -4.27. The van der Waals surface area contributed by atoms with E-state index in [0.717, 1.165) is 14.2 Å². The second-order valence-electron chi connectivity index (χ2n) is 7.56. The first-order valence-corrected chi connectivity index (χ1v) is 12.7. The predicted octanol–water partition coefficient (Wildman–Crippen LogP) is 2.46. The highest BCUT2D eigenvalue weighted by Crippen LogP contribution is 2.29. The smallest absolute Gasteiger partial charge is 0.355 e. The first kappa shape index (κ1) is 26.8. The first-order chi connectivity index (χ1) is 18.2. The van der Waals surface area contributed by atoms with Gasteiger partial charge in [-0.15, -0.1) is 0 Å². The standard InChI is InChI=1S/C23H21ClN6O7S/c1-35-19(31)17-12-37-13-30(18(17)20(32)36-2)15-9-6-10-16(11-15)38(33,34)29-23-27-21(24)26-22(28-23)25-14-7-4-3-5-8-14/h3-11H,12-13H2,1-2H3,(H2,25,26,27,28,29). The van der Waals surface area contributed by atoms with Crippen LogP contribution < -0.4 is 14.9 Å². The van der Waals surface area contributed by atoms with Crippen molar-refractivity contribution in [1.82, 2.24) is 15.0 Å². The summed E-state index contributed by atoms with van der Waals surface area (Å²) < 4.78 is 43.7. The molecule has 2 aromatic carbocycles. The predicted molar refractivity (Wildman–Crippen MR) is 136 cm³/mol. The molecule has 1 aliphatic heterocycles. The zero-order valence-electron chi connectivity index (χ0n) is 20.0. The lowest BCUT2D eigenvalue weighted by atomic mass is 10.1. The van der Waals surface area contributed by atoms with E-state index in [1.165, 1.54) is 29.2 Å². The van der Waals surface area contributed by atoms with Gasteiger partial charge < -0.3 is 24.4 Å². The van der Waals surface area contributed by atoms with Gasteiger partial charge >= 0.3 is 11.9 Å². The maximum absolute atomic E-state index is 13.2. The third-order valence-electron chi connectivity index (χ3n) is 5.14. The molecule has 15 heteroatoms. The lowest BCUT2D eigenvalue weighted by Gasteiger charge is -2.31. The molecule has 198 valence electrons. The Morgan fingerprint density at radius 3 is 2.39 bits per heavy atom. The summed E-state index contributed by atoms with van der Waals surface area (Å²) in [6.07, 6.45) is 0. The van der Waals surface area contributed by atoms with Crippen LogP contribution >= 0.6 is 11.6 Å². The fraction of sp³-hybridized carbons (Fsp3) is 0.174. The van der Waals surface area contributed by atoms with E-state index in [4.69, 9.17) is 25.8 Å². The highest BCUT2D eigenvalue weighted by Gasteiger charge is 2.33. The van der Waals surface area contributed by atoms with Crippen LogP contribution in [-0.2, 0) is 33.8 Å². The number of aromatic nitrogens is 3. The van der Waals surface area contributed by atoms with E-state index >= 15 is 0 Å². The molecule has 38 heavy (non-hydrogen) atoms. The van der Waals surface area contributed by atoms with E-state index in [0.29, 0.717) is 5.69 Å². The Morgan fingerprint density at radius 2 is 1.68 bits per heavy atom. The molecule has 0 saturated carbocycles. The molecule has 0 aliphatic carbocycles. The van der Waals surface area contributed by atoms with Gasteiger partial charge in [-0.05, 0) is 41.9 Å². The summed E-state index contributed by atoms with van der Waals surface area (Å²) in [5.74, 6) is -1.90. The maximum Gasteiger partial charge on any atom is 0.355 e. The molecule has 2 N–H and O–H groups in total. The normalized spacial score (nSPS) is 13.6. The molecule has 0 fully saturated rings. The Bertz CT molecular complexity index is 1500. The molecule has 4 rings (SSSR count). The van der Waals surface area contributed by atoms with Crippen LogP contribution in [0.4, 0.5) is 23.3 Å². The van der Waals surface area contributed by atoms with Crippen molar-refractivity contribution in [1.29, 1.82) is 0 Å². The third-order valence-corrected chi connectivity index (χ3v) is 6.63. The highest BCUT2D eigenvalue weighted by molar-refractivity contribution is 7.92. The van der Waals surface area contributed by atoms with E-state index in [1.807, 2.05) is 6.07 Å². The lowest BCUT2D eigenvalue weighted by Crippen LogP contribution is -2.38. The van der Waals surface area contributed by atoms with Crippen molar-refractivity contribution in [3.8, 4) is 0 Å². The number of nitrogens with zero attached hydrogens (tertiary/aromatic N) is 4. The Morgan fingerprint density at radius 1 is 0.974 bits per heavy atom. The van der Waals surface area contributed by atoms with Crippen LogP contribution in [0, 0.1) is 0 Å². The van der Waals surface area contributed by atoms with E-state index in [1.54, 1.807) is 24.3 Å². The number of sulfonamides is 1. The number of hydrogen-bond acceptors (Lipinski definition) is 12. The van der Waals surface area contributed by atoms with Crippen LogP contribution in [0.1, 0.15) is 0 Å². The van der Waals surface area contributed by atoms with Crippen molar-refractivity contribution < 1.29 is 32.2 Å². The van der Waals surface area contributed by atoms with Crippen LogP contribution in [0.2, 0.25) is 5.28 Å². The number of methoxy groups -OCH3 is 2. The molecule has 0 amide bonds. The van der Waals surface area contributed by atoms with E-state index < -0.39 is 22.0 Å². The molecule has 0 radical (unpaired) electrons. The van der Waals surface area contributed by atoms with Gasteiger partial charge in [-0.25, -0.2) is 22.7 Å². The van der Waals surface area contributed by atoms with Crippen LogP contribution in [0.3, 0.4) is 0 Å². The van der Waals surface area contributed by atoms with Crippen molar-refractivity contribution in [2.45, 2.75) is 4.90 Å². The average Bonchev–Trinajstić information content (AvgIpc) is 2.91. The molecule has 1 aromatic heterocycles. The summed E-state index contributed by atoms with van der Waals surface area (Å²) >= 11 is 5.98. The summed E-state index contributed by atoms with van der Waals surface area (Å²) in [5, 5.41) is 2.68. The second kappa shape index (κ2) is 11.4. The van der Waals surface area contributed by atoms with Crippen LogP contribution in [-0.4, -0.2) is 62.9 Å². The maximum atomic E-state index is 13.2. The first-order valence-electron chi connectivity index (χ1n) is 10.8. The SMILES string of the molecule is COC(=O)C1=C(C(=O)OC)N(c2cccc(S(=O)(=O)Nc3nc(Cl)nc(Nc4ccccc4)n3)c2)COC1. The lowest BCUT2D eigenvalue weighted by molar-refractivity contribution is -0.140. The van der Waals surface area contributed by atoms with Gasteiger partial charge in [0.1, 0.15) is 12.4 Å². The molecule has 1 aliphatic rings. The van der Waals surface area contributed by atoms with Crippen molar-refractivity contribution >= 4 is 56.8 Å². The minimum Gasteiger partial charge on any atom is -0.466 e. The van der Waals surface area contributed by atoms with Gasteiger partial charge in [0.15, 0.2) is 0 Å². The molecule has 2 heterocycles. The Labute approximate surface area is 222 Å². The topological polar surface area (TPSA) is 162 Å². The van der Waals surface area contributed by atoms with Gasteiger partial charge in [-0.2, -0.15) is 15.0 Å². The van der Waals surface area contributed by atoms with Crippen molar-refractivity contribution in [3.05, 3.63) is 71.2 Å². The van der Waals surface area contributed by atoms with Gasteiger partial charge in [-0.3, -0.25) is 0 Å². The number of nitrogens with one attached hydrogen (secondary N) is 2. The number of hydrogen-bond donors (Lipinski definition) is 2. The van der Waals surface area contributed by atoms with Crippen LogP contribution in [0.5, 0.6) is 0 Å². The monoisotopic (exact) mass is 560 g/mol. The summed E-state index contributed by atoms with van der Waals surface area (Å²) in [5.41, 5.74) is 0.680. The number of esters is 2. The number of ether oxygens (including phenoxy) is 3. The van der Waals surface area contributed by atoms with E-state index in [-0.39, 0.29) is 52.4 Å². The number of carbonyl (C=O) groups is 2. The van der Waals surface area contributed by atoms with Gasteiger partial charge in [0.05, 0.1) is 31.3 Å². The number of rotatable bonds is 8. The molecule has 0 saturated heterocycles. The molecular formula is C23H21ClN6O7S. The number of benzene rings is 2. The summed E-state index contributed by atoms with van der Waals surface area (Å²) in [4.78, 5) is 37.8. The zero-order chi connectivity index (χ0) is 27.3. The molecule has 0 atom stereocenters. The number of carbonyl (C=O) groups excluding carboxylic acids is 2. The molecule has 3 aromatic rings. The van der Waals surface area contributed by atoms with Gasteiger partial charge in [-0.1, -0.05) is 24.3 Å². The second-order valence-corrected chi connectivity index (χ2v) is 9.58. The van der Waals surface area contributed by atoms with Crippen LogP contribution in [0.25, 0.3) is 0 Å². The van der Waals surface area contributed by atoms with Gasteiger partial charge in [0, 0.05) is 11.4 Å². The number of anilines is 4. The molecule has 13 nitrogen and oxygen atoms in total. The Balaban J connectivity index is 1.65. The van der Waals surface area contributed by atoms with Crippen molar-refractivity contribution in [2.24, 2.45) is 0 Å². The summed E-state index contributed by atoms with van der Waals surface area (Å²) in [6, 6.07) is 14.5. The summed E-state index contributed by atoms with van der Waals surface area (Å²) in [7, 11) is -1.92.